The van der Waals surface area contributed by atoms with Crippen molar-refractivity contribution in [2.75, 3.05) is 7.11 Å². The fourth-order valence-electron chi connectivity index (χ4n) is 3.87. The molecule has 1 unspecified atom stereocenters. The minimum atomic E-state index is -0.339. The summed E-state index contributed by atoms with van der Waals surface area (Å²) in [5.41, 5.74) is 2.55. The van der Waals surface area contributed by atoms with Crippen LogP contribution >= 0.6 is 0 Å². The van der Waals surface area contributed by atoms with Crippen molar-refractivity contribution >= 4 is 17.2 Å². The van der Waals surface area contributed by atoms with Gasteiger partial charge in [-0.25, -0.2) is 4.39 Å². The number of hydrogen-bond donors (Lipinski definition) is 1. The lowest BCUT2D eigenvalue weighted by atomic mass is 9.75. The summed E-state index contributed by atoms with van der Waals surface area (Å²) in [6.07, 6.45) is 6.47. The molecule has 0 saturated carbocycles. The van der Waals surface area contributed by atoms with Crippen LogP contribution in [0.4, 0.5) is 4.39 Å². The predicted molar refractivity (Wildman–Crippen MR) is 105 cm³/mol. The molecule has 2 heterocycles. The number of carbonyl (C=O) groups is 1. The smallest absolute Gasteiger partial charge is 0.123 e. The topological polar surface area (TPSA) is 55.0 Å². The number of nitrogens with zero attached hydrogens (tertiary/aromatic N) is 1. The summed E-state index contributed by atoms with van der Waals surface area (Å²) in [5.74, 6) is 0.517. The van der Waals surface area contributed by atoms with Crippen molar-refractivity contribution in [1.29, 1.82) is 0 Å². The minimum absolute atomic E-state index is 0.131. The zero-order valence-corrected chi connectivity index (χ0v) is 16.0. The average molecular weight is 368 g/mol. The van der Waals surface area contributed by atoms with Gasteiger partial charge in [0.25, 0.3) is 0 Å². The van der Waals surface area contributed by atoms with Gasteiger partial charge in [-0.15, -0.1) is 0 Å². The molecule has 0 aliphatic carbocycles. The first-order valence-corrected chi connectivity index (χ1v) is 9.12. The third-order valence-corrected chi connectivity index (χ3v) is 5.11. The van der Waals surface area contributed by atoms with Crippen LogP contribution in [-0.2, 0) is 16.6 Å². The number of rotatable bonds is 8. The van der Waals surface area contributed by atoms with Gasteiger partial charge in [0.05, 0.1) is 18.8 Å². The van der Waals surface area contributed by atoms with Crippen molar-refractivity contribution in [2.24, 2.45) is 5.92 Å². The predicted octanol–water partition coefficient (Wildman–Crippen LogP) is 4.83. The molecular formula is C22H25FN2O2. The molecule has 1 N–H and O–H groups in total. The van der Waals surface area contributed by atoms with Gasteiger partial charge in [-0.3, -0.25) is 4.98 Å². The normalized spacial score (nSPS) is 12.9. The van der Waals surface area contributed by atoms with Gasteiger partial charge < -0.3 is 14.5 Å². The summed E-state index contributed by atoms with van der Waals surface area (Å²) in [6.45, 7) is 4.13. The molecule has 4 nitrogen and oxygen atoms in total. The van der Waals surface area contributed by atoms with Gasteiger partial charge in [-0.05, 0) is 54.5 Å². The summed E-state index contributed by atoms with van der Waals surface area (Å²) in [4.78, 5) is 18.8. The van der Waals surface area contributed by atoms with E-state index in [1.54, 1.807) is 25.6 Å². The molecule has 0 fully saturated rings. The Morgan fingerprint density at radius 3 is 2.81 bits per heavy atom. The maximum Gasteiger partial charge on any atom is 0.123 e. The maximum atomic E-state index is 13.8. The highest BCUT2D eigenvalue weighted by Crippen LogP contribution is 2.38. The Balaban J connectivity index is 1.84. The number of benzene rings is 1. The second kappa shape index (κ2) is 7.91. The van der Waals surface area contributed by atoms with E-state index in [0.717, 1.165) is 41.3 Å². The standard InChI is InChI=1S/C22H25FN2O2/c1-22(2,19-12-17(23)4-5-21(19)27-3)13-15(7-9-26)10-18-11-16-6-8-24-14-20(16)25-18/h4-6,8-9,11-12,14-15,25H,7,10,13H2,1-3H3. The van der Waals surface area contributed by atoms with E-state index in [0.29, 0.717) is 12.2 Å². The largest absolute Gasteiger partial charge is 0.496 e. The second-order valence-electron chi connectivity index (χ2n) is 7.66. The molecular weight excluding hydrogens is 343 g/mol. The molecule has 0 aliphatic rings. The summed E-state index contributed by atoms with van der Waals surface area (Å²) < 4.78 is 19.3. The van der Waals surface area contributed by atoms with Gasteiger partial charge >= 0.3 is 0 Å². The number of aldehydes is 1. The monoisotopic (exact) mass is 368 g/mol. The summed E-state index contributed by atoms with van der Waals surface area (Å²) >= 11 is 0. The fourth-order valence-corrected chi connectivity index (χ4v) is 3.87. The Kier molecular flexibility index (Phi) is 5.59. The van der Waals surface area contributed by atoms with Crippen LogP contribution in [0.3, 0.4) is 0 Å². The number of halogens is 1. The fraction of sp³-hybridized carbons (Fsp3) is 0.364. The minimum Gasteiger partial charge on any atom is -0.496 e. The molecule has 3 aromatic rings. The van der Waals surface area contributed by atoms with Crippen molar-refractivity contribution < 1.29 is 13.9 Å². The van der Waals surface area contributed by atoms with Gasteiger partial charge in [0, 0.05) is 29.3 Å². The Morgan fingerprint density at radius 2 is 2.11 bits per heavy atom. The third kappa shape index (κ3) is 4.35. The summed E-state index contributed by atoms with van der Waals surface area (Å²) in [7, 11) is 1.59. The van der Waals surface area contributed by atoms with Crippen molar-refractivity contribution in [1.82, 2.24) is 9.97 Å². The number of fused-ring (bicyclic) bond motifs is 1. The number of methoxy groups -OCH3 is 1. The number of nitrogens with one attached hydrogen (secondary N) is 1. The van der Waals surface area contributed by atoms with E-state index in [2.05, 4.69) is 29.9 Å². The lowest BCUT2D eigenvalue weighted by Gasteiger charge is -2.31. The Hall–Kier alpha value is -2.69. The molecule has 0 bridgehead atoms. The van der Waals surface area contributed by atoms with E-state index in [9.17, 15) is 9.18 Å². The molecule has 0 aliphatic heterocycles. The molecule has 3 rings (SSSR count). The van der Waals surface area contributed by atoms with Crippen LogP contribution in [0.2, 0.25) is 0 Å². The van der Waals surface area contributed by atoms with Crippen molar-refractivity contribution in [3.05, 3.63) is 59.8 Å². The van der Waals surface area contributed by atoms with Gasteiger partial charge in [0.1, 0.15) is 17.9 Å². The molecule has 1 atom stereocenters. The lowest BCUT2D eigenvalue weighted by Crippen LogP contribution is -2.24. The number of ether oxygens (including phenoxy) is 1. The van der Waals surface area contributed by atoms with Crippen LogP contribution in [0.1, 0.15) is 37.9 Å². The zero-order chi connectivity index (χ0) is 19.4. The van der Waals surface area contributed by atoms with Gasteiger partial charge in [0.15, 0.2) is 0 Å². The average Bonchev–Trinajstić information content (AvgIpc) is 3.03. The van der Waals surface area contributed by atoms with Crippen LogP contribution in [-0.4, -0.2) is 23.4 Å². The van der Waals surface area contributed by atoms with E-state index in [1.165, 1.54) is 12.1 Å². The third-order valence-electron chi connectivity index (χ3n) is 5.11. The van der Waals surface area contributed by atoms with Crippen LogP contribution in [0.15, 0.2) is 42.7 Å². The van der Waals surface area contributed by atoms with E-state index < -0.39 is 0 Å². The van der Waals surface area contributed by atoms with E-state index >= 15 is 0 Å². The quantitative estimate of drug-likeness (QED) is 0.580. The molecule has 0 saturated heterocycles. The highest BCUT2D eigenvalue weighted by molar-refractivity contribution is 5.79. The SMILES string of the molecule is COc1ccc(F)cc1C(C)(C)CC(CC=O)Cc1cc2ccncc2[nH]1. The summed E-state index contributed by atoms with van der Waals surface area (Å²) in [6, 6.07) is 8.66. The van der Waals surface area contributed by atoms with Crippen molar-refractivity contribution in [3.63, 3.8) is 0 Å². The molecule has 27 heavy (non-hydrogen) atoms. The van der Waals surface area contributed by atoms with Gasteiger partial charge in [-0.2, -0.15) is 0 Å². The number of aromatic nitrogens is 2. The Bertz CT molecular complexity index is 900. The number of H-pyrrole nitrogens is 1. The maximum absolute atomic E-state index is 13.8. The first kappa shape index (κ1) is 19.1. The Morgan fingerprint density at radius 1 is 1.30 bits per heavy atom. The van der Waals surface area contributed by atoms with Crippen LogP contribution in [0, 0.1) is 11.7 Å². The molecule has 2 aromatic heterocycles. The molecule has 5 heteroatoms. The van der Waals surface area contributed by atoms with E-state index in [1.807, 2.05) is 6.07 Å². The molecule has 0 radical (unpaired) electrons. The van der Waals surface area contributed by atoms with Crippen molar-refractivity contribution in [2.45, 2.75) is 38.5 Å². The molecule has 142 valence electrons. The van der Waals surface area contributed by atoms with Crippen LogP contribution in [0.5, 0.6) is 5.75 Å². The number of carbonyl (C=O) groups excluding carboxylic acids is 1. The Labute approximate surface area is 158 Å². The number of hydrogen-bond acceptors (Lipinski definition) is 3. The number of aromatic amines is 1. The summed E-state index contributed by atoms with van der Waals surface area (Å²) in [5, 5.41) is 1.11. The lowest BCUT2D eigenvalue weighted by molar-refractivity contribution is -0.108. The molecule has 0 amide bonds. The first-order valence-electron chi connectivity index (χ1n) is 9.12. The van der Waals surface area contributed by atoms with E-state index in [4.69, 9.17) is 4.74 Å². The molecule has 1 aromatic carbocycles. The number of pyridine rings is 1. The van der Waals surface area contributed by atoms with Gasteiger partial charge in [-0.1, -0.05) is 13.8 Å². The highest BCUT2D eigenvalue weighted by Gasteiger charge is 2.29. The van der Waals surface area contributed by atoms with Crippen molar-refractivity contribution in [3.8, 4) is 5.75 Å². The molecule has 0 spiro atoms. The van der Waals surface area contributed by atoms with Crippen LogP contribution < -0.4 is 4.74 Å². The second-order valence-corrected chi connectivity index (χ2v) is 7.66. The highest BCUT2D eigenvalue weighted by atomic mass is 19.1. The first-order chi connectivity index (χ1) is 12.9. The zero-order valence-electron chi connectivity index (χ0n) is 16.0. The van der Waals surface area contributed by atoms with Crippen LogP contribution in [0.25, 0.3) is 10.9 Å². The van der Waals surface area contributed by atoms with Gasteiger partial charge in [0.2, 0.25) is 0 Å². The van der Waals surface area contributed by atoms with E-state index in [-0.39, 0.29) is 17.2 Å².